The van der Waals surface area contributed by atoms with Crippen LogP contribution in [0.1, 0.15) is 46.0 Å². The molecule has 44 heavy (non-hydrogen) atoms. The maximum absolute atomic E-state index is 16.0. The van der Waals surface area contributed by atoms with Crippen LogP contribution in [0.2, 0.25) is 10.0 Å². The van der Waals surface area contributed by atoms with Crippen molar-refractivity contribution in [2.24, 2.45) is 0 Å². The van der Waals surface area contributed by atoms with Crippen LogP contribution in [-0.2, 0) is 11.2 Å². The molecule has 3 N–H and O–H groups in total. The van der Waals surface area contributed by atoms with E-state index in [0.29, 0.717) is 11.3 Å². The van der Waals surface area contributed by atoms with Gasteiger partial charge in [-0.15, -0.1) is 11.3 Å². The summed E-state index contributed by atoms with van der Waals surface area (Å²) in [5.74, 6) is -1.73. The number of aromatic nitrogens is 2. The molecule has 0 spiro atoms. The van der Waals surface area contributed by atoms with E-state index in [1.54, 1.807) is 12.1 Å². The highest BCUT2D eigenvalue weighted by molar-refractivity contribution is 7.18. The molecule has 0 saturated carbocycles. The molecule has 0 fully saturated rings. The fraction of sp³-hybridized carbons (Fsp3) is 0.219. The second-order valence-electron chi connectivity index (χ2n) is 10.7. The minimum Gasteiger partial charge on any atom is -0.494 e. The molecule has 0 radical (unpaired) electrons. The van der Waals surface area contributed by atoms with Gasteiger partial charge in [0.15, 0.2) is 5.82 Å². The number of aryl methyl sites for hydroxylation is 1. The lowest BCUT2D eigenvalue weighted by molar-refractivity contribution is 0.0624. The first-order chi connectivity index (χ1) is 20.7. The number of fused-ring (bicyclic) bond motifs is 1. The first-order valence-corrected chi connectivity index (χ1v) is 14.9. The number of hydrogen-bond donors (Lipinski definition) is 3. The summed E-state index contributed by atoms with van der Waals surface area (Å²) < 4.78 is 36.7. The van der Waals surface area contributed by atoms with Gasteiger partial charge in [-0.3, -0.25) is 4.79 Å². The van der Waals surface area contributed by atoms with Gasteiger partial charge in [0.25, 0.3) is 5.91 Å². The van der Waals surface area contributed by atoms with Crippen molar-refractivity contribution in [3.8, 4) is 17.0 Å². The number of amides is 1. The van der Waals surface area contributed by atoms with Crippen molar-refractivity contribution in [3.63, 3.8) is 0 Å². The van der Waals surface area contributed by atoms with Crippen molar-refractivity contribution in [2.75, 3.05) is 13.7 Å². The molecule has 0 aliphatic heterocycles. The van der Waals surface area contributed by atoms with Gasteiger partial charge in [-0.2, -0.15) is 0 Å². The molecule has 0 aliphatic rings. The molecule has 5 aromatic rings. The Bertz CT molecular complexity index is 1910. The number of thiazole rings is 1. The Kier molecular flexibility index (Phi) is 8.67. The molecule has 1 amide bonds. The molecule has 0 aliphatic carbocycles. The number of pyridine rings is 1. The van der Waals surface area contributed by atoms with Crippen LogP contribution in [0.3, 0.4) is 0 Å². The van der Waals surface area contributed by atoms with Crippen molar-refractivity contribution in [1.29, 1.82) is 0 Å². The van der Waals surface area contributed by atoms with Crippen LogP contribution in [0.15, 0.2) is 60.7 Å². The van der Waals surface area contributed by atoms with Gasteiger partial charge in [-0.05, 0) is 62.7 Å². The number of rotatable bonds is 8. The number of aliphatic hydroxyl groups is 2. The van der Waals surface area contributed by atoms with Crippen molar-refractivity contribution < 1.29 is 28.5 Å². The summed E-state index contributed by atoms with van der Waals surface area (Å²) in [7, 11) is 1.47. The molecule has 3 aromatic carbocycles. The number of methoxy groups -OCH3 is 1. The van der Waals surface area contributed by atoms with E-state index in [4.69, 9.17) is 27.9 Å². The van der Waals surface area contributed by atoms with E-state index in [1.165, 1.54) is 74.8 Å². The third kappa shape index (κ3) is 6.00. The molecule has 228 valence electrons. The molecular formula is C32H27Cl2F2N3O4S. The van der Waals surface area contributed by atoms with Crippen LogP contribution < -0.4 is 10.1 Å². The van der Waals surface area contributed by atoms with Crippen molar-refractivity contribution in [2.45, 2.75) is 32.0 Å². The van der Waals surface area contributed by atoms with Crippen LogP contribution in [-0.4, -0.2) is 39.7 Å². The Hall–Kier alpha value is -3.67. The van der Waals surface area contributed by atoms with Crippen LogP contribution in [0.5, 0.6) is 5.75 Å². The van der Waals surface area contributed by atoms with Gasteiger partial charge in [0.1, 0.15) is 28.4 Å². The molecule has 12 heteroatoms. The highest BCUT2D eigenvalue weighted by atomic mass is 35.5. The second kappa shape index (κ2) is 12.0. The number of benzene rings is 3. The van der Waals surface area contributed by atoms with Crippen LogP contribution in [0.4, 0.5) is 8.78 Å². The normalized spacial score (nSPS) is 13.1. The van der Waals surface area contributed by atoms with Crippen molar-refractivity contribution in [3.05, 3.63) is 110 Å². The third-order valence-corrected chi connectivity index (χ3v) is 8.84. The number of ether oxygens (including phenoxy) is 1. The molecular weight excluding hydrogens is 631 g/mol. The minimum atomic E-state index is -2.21. The number of carbonyl (C=O) groups excluding carboxylic acids is 1. The Morgan fingerprint density at radius 2 is 1.77 bits per heavy atom. The van der Waals surface area contributed by atoms with Crippen LogP contribution in [0.25, 0.3) is 21.5 Å². The average molecular weight is 659 g/mol. The molecule has 5 rings (SSSR count). The van der Waals surface area contributed by atoms with E-state index in [0.717, 1.165) is 15.8 Å². The first-order valence-electron chi connectivity index (χ1n) is 13.3. The fourth-order valence-corrected chi connectivity index (χ4v) is 6.12. The number of nitrogens with one attached hydrogen (secondary N) is 1. The standard InChI is InChI=1S/C32H27Cl2F2N3O4S/c1-16-38-29-23(43-4)11-17(12-24(29)44-16)30(40)37-15-32(42,18-7-5-8-19(35)13-18)25-14-21(31(2,3)41)27(36)28(39-25)20-9-6-10-22(33)26(20)34/h5-14,41-42H,15H2,1-4H3,(H,37,40)/t32-/m1/s1. The van der Waals surface area contributed by atoms with Crippen LogP contribution >= 0.6 is 34.5 Å². The summed E-state index contributed by atoms with van der Waals surface area (Å²) in [5.41, 5.74) is -3.68. The van der Waals surface area contributed by atoms with E-state index in [2.05, 4.69) is 15.3 Å². The van der Waals surface area contributed by atoms with Gasteiger partial charge < -0.3 is 20.3 Å². The van der Waals surface area contributed by atoms with Gasteiger partial charge in [-0.25, -0.2) is 18.7 Å². The number of carbonyl (C=O) groups is 1. The predicted molar refractivity (Wildman–Crippen MR) is 168 cm³/mol. The zero-order valence-corrected chi connectivity index (χ0v) is 26.3. The van der Waals surface area contributed by atoms with Gasteiger partial charge >= 0.3 is 0 Å². The van der Waals surface area contributed by atoms with E-state index in [-0.39, 0.29) is 43.7 Å². The van der Waals surface area contributed by atoms with Crippen LogP contribution in [0, 0.1) is 18.6 Å². The Balaban J connectivity index is 1.65. The summed E-state index contributed by atoms with van der Waals surface area (Å²) >= 11 is 14.0. The first kappa shape index (κ1) is 31.7. The Morgan fingerprint density at radius 1 is 1.05 bits per heavy atom. The molecule has 0 bridgehead atoms. The minimum absolute atomic E-state index is 0.00431. The van der Waals surface area contributed by atoms with E-state index in [9.17, 15) is 19.4 Å². The van der Waals surface area contributed by atoms with Gasteiger partial charge in [0.05, 0.1) is 44.7 Å². The largest absolute Gasteiger partial charge is 0.494 e. The van der Waals surface area contributed by atoms with Gasteiger partial charge in [-0.1, -0.05) is 47.5 Å². The Morgan fingerprint density at radius 3 is 2.45 bits per heavy atom. The summed E-state index contributed by atoms with van der Waals surface area (Å²) in [6, 6.07) is 14.0. The lowest BCUT2D eigenvalue weighted by Gasteiger charge is -2.31. The number of halogens is 4. The predicted octanol–water partition coefficient (Wildman–Crippen LogP) is 7.15. The molecule has 2 aromatic heterocycles. The summed E-state index contributed by atoms with van der Waals surface area (Å²) in [5, 5.41) is 26.8. The highest BCUT2D eigenvalue weighted by Gasteiger charge is 2.38. The lowest BCUT2D eigenvalue weighted by Crippen LogP contribution is -2.43. The summed E-state index contributed by atoms with van der Waals surface area (Å²) in [4.78, 5) is 22.4. The van der Waals surface area contributed by atoms with Gasteiger partial charge in [0.2, 0.25) is 0 Å². The van der Waals surface area contributed by atoms with E-state index >= 15 is 4.39 Å². The molecule has 2 heterocycles. The zero-order chi connectivity index (χ0) is 32.0. The zero-order valence-electron chi connectivity index (χ0n) is 24.0. The second-order valence-corrected chi connectivity index (χ2v) is 12.7. The number of nitrogens with zero attached hydrogens (tertiary/aromatic N) is 2. The topological polar surface area (TPSA) is 105 Å². The van der Waals surface area contributed by atoms with Crippen molar-refractivity contribution >= 4 is 50.7 Å². The van der Waals surface area contributed by atoms with E-state index in [1.807, 2.05) is 6.92 Å². The quantitative estimate of drug-likeness (QED) is 0.164. The Labute approximate surface area is 266 Å². The van der Waals surface area contributed by atoms with Gasteiger partial charge in [0, 0.05) is 16.7 Å². The summed E-state index contributed by atoms with van der Waals surface area (Å²) in [6.45, 7) is 4.06. The third-order valence-electron chi connectivity index (χ3n) is 7.10. The van der Waals surface area contributed by atoms with E-state index < -0.39 is 35.3 Å². The monoisotopic (exact) mass is 657 g/mol. The average Bonchev–Trinajstić information content (AvgIpc) is 3.36. The molecule has 1 atom stereocenters. The molecule has 7 nitrogen and oxygen atoms in total. The number of hydrogen-bond acceptors (Lipinski definition) is 7. The highest BCUT2D eigenvalue weighted by Crippen LogP contribution is 2.40. The maximum Gasteiger partial charge on any atom is 0.251 e. The van der Waals surface area contributed by atoms with Crippen molar-refractivity contribution in [1.82, 2.24) is 15.3 Å². The smallest absolute Gasteiger partial charge is 0.251 e. The fourth-order valence-electron chi connectivity index (χ4n) is 4.84. The lowest BCUT2D eigenvalue weighted by atomic mass is 9.86. The summed E-state index contributed by atoms with van der Waals surface area (Å²) in [6.07, 6.45) is 0. The molecule has 0 saturated heterocycles. The maximum atomic E-state index is 16.0. The molecule has 0 unspecified atom stereocenters. The SMILES string of the molecule is COc1cc(C(=O)NC[C@@](O)(c2cccc(F)c2)c2cc(C(C)(C)O)c(F)c(-c3cccc(Cl)c3Cl)n2)cc2sc(C)nc12.